The average molecular weight is 107 g/mol. The van der Waals surface area contributed by atoms with Crippen LogP contribution in [0.1, 0.15) is 26.7 Å². The van der Waals surface area contributed by atoms with Crippen molar-refractivity contribution >= 4 is 14.9 Å². The second-order valence-corrected chi connectivity index (χ2v) is 2.37. The molecule has 8 heavy (non-hydrogen) atoms. The molecular formula is C6H13B2. The zero-order chi connectivity index (χ0) is 6.41. The topological polar surface area (TPSA) is 0 Å². The molecule has 0 aromatic rings. The third-order valence-electron chi connectivity index (χ3n) is 1.32. The predicted octanol–water partition coefficient (Wildman–Crippen LogP) is 1.63. The van der Waals surface area contributed by atoms with Crippen LogP contribution in [0.3, 0.4) is 0 Å². The van der Waals surface area contributed by atoms with E-state index in [1.54, 1.807) is 7.17 Å². The molecule has 3 radical (unpaired) electrons. The Hall–Kier alpha value is 0.130. The fourth-order valence-corrected chi connectivity index (χ4v) is 0.843. The summed E-state index contributed by atoms with van der Waals surface area (Å²) in [6.07, 6.45) is 3.64. The molecule has 0 rings (SSSR count). The van der Waals surface area contributed by atoms with Gasteiger partial charge in [0, 0.05) is 7.74 Å². The molecule has 0 aliphatic rings. The summed E-state index contributed by atoms with van der Waals surface area (Å²) in [5, 5.41) is 0. The first-order valence-corrected chi connectivity index (χ1v) is 3.34. The van der Waals surface area contributed by atoms with Gasteiger partial charge in [-0.1, -0.05) is 38.9 Å². The van der Waals surface area contributed by atoms with Crippen molar-refractivity contribution < 1.29 is 0 Å². The van der Waals surface area contributed by atoms with Gasteiger partial charge >= 0.3 is 0 Å². The Balaban J connectivity index is 2.92. The lowest BCUT2D eigenvalue weighted by Gasteiger charge is -2.05. The van der Waals surface area contributed by atoms with E-state index in [1.165, 1.54) is 12.8 Å². The first kappa shape index (κ1) is 8.13. The van der Waals surface area contributed by atoms with E-state index in [-0.39, 0.29) is 0 Å². The highest BCUT2D eigenvalue weighted by Gasteiger charge is 1.95. The second-order valence-electron chi connectivity index (χ2n) is 2.37. The van der Waals surface area contributed by atoms with Crippen molar-refractivity contribution in [1.82, 2.24) is 0 Å². The molecular weight excluding hydrogens is 93.7 g/mol. The molecule has 0 fully saturated rings. The Bertz CT molecular complexity index is 39.8. The van der Waals surface area contributed by atoms with Crippen LogP contribution in [0.15, 0.2) is 0 Å². The van der Waals surface area contributed by atoms with Crippen LogP contribution in [0.5, 0.6) is 0 Å². The van der Waals surface area contributed by atoms with Crippen molar-refractivity contribution in [2.45, 2.75) is 33.0 Å². The van der Waals surface area contributed by atoms with Gasteiger partial charge in [-0.15, -0.1) is 0 Å². The molecule has 0 saturated carbocycles. The van der Waals surface area contributed by atoms with Gasteiger partial charge in [0.15, 0.2) is 0 Å². The number of rotatable bonds is 4. The van der Waals surface area contributed by atoms with Crippen molar-refractivity contribution in [3.8, 4) is 0 Å². The fraction of sp³-hybridized carbons (Fsp3) is 1.00. The quantitative estimate of drug-likeness (QED) is 0.478. The smallest absolute Gasteiger partial charge is 0.0548 e. The maximum absolute atomic E-state index is 5.23. The molecule has 0 heterocycles. The highest BCUT2D eigenvalue weighted by molar-refractivity contribution is 6.89. The van der Waals surface area contributed by atoms with Crippen LogP contribution in [0.4, 0.5) is 0 Å². The summed E-state index contributed by atoms with van der Waals surface area (Å²) in [4.78, 5) is 0. The molecule has 0 aromatic heterocycles. The van der Waals surface area contributed by atoms with Crippen LogP contribution >= 0.6 is 0 Å². The Kier molecular flexibility index (Phi) is 5.36. The minimum Gasteiger partial charge on any atom is -0.0870 e. The molecule has 2 heteroatoms. The summed E-state index contributed by atoms with van der Waals surface area (Å²) < 4.78 is 0. The van der Waals surface area contributed by atoms with Crippen LogP contribution in [0.2, 0.25) is 6.32 Å². The summed E-state index contributed by atoms with van der Waals surface area (Å²) >= 11 is 0. The van der Waals surface area contributed by atoms with Crippen molar-refractivity contribution in [1.29, 1.82) is 0 Å². The molecule has 1 atom stereocenters. The molecule has 1 unspecified atom stereocenters. The van der Waals surface area contributed by atoms with Gasteiger partial charge in [0.05, 0.1) is 7.17 Å². The molecule has 0 nitrogen and oxygen atoms in total. The van der Waals surface area contributed by atoms with Crippen LogP contribution in [-0.2, 0) is 0 Å². The van der Waals surface area contributed by atoms with Gasteiger partial charge in [0.25, 0.3) is 0 Å². The van der Waals surface area contributed by atoms with Gasteiger partial charge in [-0.3, -0.25) is 0 Å². The highest BCUT2D eigenvalue weighted by atomic mass is 14.0. The van der Waals surface area contributed by atoms with Crippen molar-refractivity contribution in [3.05, 3.63) is 0 Å². The molecule has 0 N–H and O–H groups in total. The van der Waals surface area contributed by atoms with E-state index in [0.717, 1.165) is 12.2 Å². The number of hydrogen-bond acceptors (Lipinski definition) is 0. The Morgan fingerprint density at radius 2 is 2.25 bits per heavy atom. The van der Waals surface area contributed by atoms with Crippen LogP contribution in [0.25, 0.3) is 0 Å². The second kappa shape index (κ2) is 5.27. The van der Waals surface area contributed by atoms with Crippen molar-refractivity contribution in [3.63, 3.8) is 0 Å². The summed E-state index contributed by atoms with van der Waals surface area (Å²) in [5.41, 5.74) is 0. The molecule has 0 aromatic carbocycles. The molecule has 43 valence electrons. The van der Waals surface area contributed by atoms with Crippen LogP contribution < -0.4 is 0 Å². The van der Waals surface area contributed by atoms with E-state index in [2.05, 4.69) is 13.8 Å². The van der Waals surface area contributed by atoms with Gasteiger partial charge in [-0.05, 0) is 0 Å². The van der Waals surface area contributed by atoms with E-state index in [0.29, 0.717) is 0 Å². The van der Waals surface area contributed by atoms with Gasteiger partial charge in [0.1, 0.15) is 0 Å². The standard InChI is InChI=1S/C6H13B2/c1-3-4-6(2)5-8-7/h6H,3-5H2,1-2H3. The lowest BCUT2D eigenvalue weighted by molar-refractivity contribution is 0.575. The minimum absolute atomic E-state index is 0.782. The van der Waals surface area contributed by atoms with E-state index < -0.39 is 0 Å². The zero-order valence-corrected chi connectivity index (χ0v) is 5.85. The van der Waals surface area contributed by atoms with Gasteiger partial charge < -0.3 is 0 Å². The van der Waals surface area contributed by atoms with E-state index in [9.17, 15) is 0 Å². The Morgan fingerprint density at radius 1 is 1.62 bits per heavy atom. The zero-order valence-electron chi connectivity index (χ0n) is 5.85. The normalized spacial score (nSPS) is 13.2. The maximum Gasteiger partial charge on any atom is 0.0548 e. The molecule has 0 spiro atoms. The summed E-state index contributed by atoms with van der Waals surface area (Å²) in [6, 6.07) is 0. The lowest BCUT2D eigenvalue weighted by atomic mass is 9.51. The maximum atomic E-state index is 5.23. The van der Waals surface area contributed by atoms with E-state index >= 15 is 0 Å². The lowest BCUT2D eigenvalue weighted by Crippen LogP contribution is -1.98. The van der Waals surface area contributed by atoms with Gasteiger partial charge in [-0.25, -0.2) is 0 Å². The van der Waals surface area contributed by atoms with Gasteiger partial charge in [0.2, 0.25) is 0 Å². The fourth-order valence-electron chi connectivity index (χ4n) is 0.843. The molecule has 0 aliphatic heterocycles. The molecule has 0 aliphatic carbocycles. The molecule has 0 saturated heterocycles. The summed E-state index contributed by atoms with van der Waals surface area (Å²) in [5.74, 6) is 0.782. The van der Waals surface area contributed by atoms with Gasteiger partial charge in [-0.2, -0.15) is 0 Å². The first-order chi connectivity index (χ1) is 3.81. The summed E-state index contributed by atoms with van der Waals surface area (Å²) in [6.45, 7) is 4.43. The first-order valence-electron chi connectivity index (χ1n) is 3.34. The van der Waals surface area contributed by atoms with E-state index in [4.69, 9.17) is 7.74 Å². The number of hydrogen-bond donors (Lipinski definition) is 0. The Labute approximate surface area is 54.7 Å². The SMILES string of the molecule is [B][B]CC(C)CCC. The monoisotopic (exact) mass is 107 g/mol. The van der Waals surface area contributed by atoms with Crippen LogP contribution in [0, 0.1) is 5.92 Å². The third kappa shape index (κ3) is 4.29. The largest absolute Gasteiger partial charge is 0.0870 e. The molecule has 0 bridgehead atoms. The van der Waals surface area contributed by atoms with Crippen molar-refractivity contribution in [2.75, 3.05) is 0 Å². The minimum atomic E-state index is 0.782. The average Bonchev–Trinajstić information content (AvgIpc) is 1.68. The predicted molar refractivity (Wildman–Crippen MR) is 40.4 cm³/mol. The van der Waals surface area contributed by atoms with E-state index in [1.807, 2.05) is 0 Å². The van der Waals surface area contributed by atoms with Crippen LogP contribution in [-0.4, -0.2) is 14.9 Å². The molecule has 0 amide bonds. The van der Waals surface area contributed by atoms with Crippen molar-refractivity contribution in [2.24, 2.45) is 5.92 Å². The summed E-state index contributed by atoms with van der Waals surface area (Å²) in [7, 11) is 6.99. The Morgan fingerprint density at radius 3 is 2.62 bits per heavy atom. The third-order valence-corrected chi connectivity index (χ3v) is 1.32. The highest BCUT2D eigenvalue weighted by Crippen LogP contribution is 2.07.